The van der Waals surface area contributed by atoms with Crippen molar-refractivity contribution < 1.29 is 0 Å². The summed E-state index contributed by atoms with van der Waals surface area (Å²) in [6.07, 6.45) is 2.25. The number of hydrogen-bond donors (Lipinski definition) is 1. The Labute approximate surface area is 81.3 Å². The summed E-state index contributed by atoms with van der Waals surface area (Å²) in [4.78, 5) is 1.23. The van der Waals surface area contributed by atoms with E-state index in [1.807, 2.05) is 24.3 Å². The molecule has 1 aromatic rings. The van der Waals surface area contributed by atoms with E-state index in [9.17, 15) is 0 Å². The molecular formula is C9H10ClNS. The molecule has 1 saturated carbocycles. The summed E-state index contributed by atoms with van der Waals surface area (Å²) in [5.41, 5.74) is 5.95. The fourth-order valence-corrected chi connectivity index (χ4v) is 2.14. The van der Waals surface area contributed by atoms with Gasteiger partial charge in [-0.3, -0.25) is 0 Å². The van der Waals surface area contributed by atoms with Crippen molar-refractivity contribution in [1.82, 2.24) is 0 Å². The van der Waals surface area contributed by atoms with Crippen LogP contribution in [0.1, 0.15) is 12.8 Å². The predicted molar refractivity (Wildman–Crippen MR) is 53.5 cm³/mol. The average molecular weight is 200 g/mol. The van der Waals surface area contributed by atoms with E-state index in [-0.39, 0.29) is 4.87 Å². The summed E-state index contributed by atoms with van der Waals surface area (Å²) in [5, 5.41) is 0.779. The Morgan fingerprint density at radius 2 is 1.83 bits per heavy atom. The first-order chi connectivity index (χ1) is 5.68. The van der Waals surface area contributed by atoms with Crippen molar-refractivity contribution in [1.29, 1.82) is 0 Å². The lowest BCUT2D eigenvalue weighted by Crippen LogP contribution is -2.15. The number of thioether (sulfide) groups is 1. The maximum absolute atomic E-state index is 5.95. The fourth-order valence-electron chi connectivity index (χ4n) is 0.963. The topological polar surface area (TPSA) is 26.0 Å². The van der Waals surface area contributed by atoms with E-state index in [0.29, 0.717) is 0 Å². The zero-order chi connectivity index (χ0) is 8.60. The molecule has 12 heavy (non-hydrogen) atoms. The second kappa shape index (κ2) is 2.95. The largest absolute Gasteiger partial charge is 0.317 e. The van der Waals surface area contributed by atoms with Crippen LogP contribution in [0.25, 0.3) is 0 Å². The molecule has 0 radical (unpaired) electrons. The van der Waals surface area contributed by atoms with Crippen molar-refractivity contribution in [3.8, 4) is 0 Å². The van der Waals surface area contributed by atoms with Gasteiger partial charge in [0.15, 0.2) is 0 Å². The van der Waals surface area contributed by atoms with Crippen molar-refractivity contribution >= 4 is 23.4 Å². The third kappa shape index (κ3) is 1.94. The van der Waals surface area contributed by atoms with Gasteiger partial charge >= 0.3 is 0 Å². The lowest BCUT2D eigenvalue weighted by Gasteiger charge is -2.07. The molecule has 1 aliphatic rings. The lowest BCUT2D eigenvalue weighted by atomic mass is 10.4. The fraction of sp³-hybridized carbons (Fsp3) is 0.333. The van der Waals surface area contributed by atoms with E-state index in [1.165, 1.54) is 4.90 Å². The van der Waals surface area contributed by atoms with Gasteiger partial charge in [0.05, 0.1) is 4.87 Å². The zero-order valence-corrected chi connectivity index (χ0v) is 8.16. The molecule has 0 unspecified atom stereocenters. The molecule has 0 saturated heterocycles. The molecule has 0 aliphatic heterocycles. The molecule has 1 fully saturated rings. The molecule has 0 bridgehead atoms. The second-order valence-electron chi connectivity index (χ2n) is 3.12. The SMILES string of the molecule is NC1(Sc2ccc(Cl)cc2)CC1. The van der Waals surface area contributed by atoms with Crippen LogP contribution in [-0.4, -0.2) is 4.87 Å². The van der Waals surface area contributed by atoms with Gasteiger partial charge < -0.3 is 5.73 Å². The van der Waals surface area contributed by atoms with Gasteiger partial charge in [0.1, 0.15) is 0 Å². The maximum Gasteiger partial charge on any atom is 0.0668 e. The van der Waals surface area contributed by atoms with Crippen LogP contribution in [-0.2, 0) is 0 Å². The van der Waals surface area contributed by atoms with E-state index >= 15 is 0 Å². The Kier molecular flexibility index (Phi) is 2.07. The minimum Gasteiger partial charge on any atom is -0.317 e. The molecule has 0 atom stereocenters. The van der Waals surface area contributed by atoms with Crippen molar-refractivity contribution in [2.75, 3.05) is 0 Å². The molecule has 0 amide bonds. The van der Waals surface area contributed by atoms with Crippen molar-refractivity contribution in [3.05, 3.63) is 29.3 Å². The van der Waals surface area contributed by atoms with Crippen molar-refractivity contribution in [3.63, 3.8) is 0 Å². The van der Waals surface area contributed by atoms with Gasteiger partial charge in [-0.1, -0.05) is 11.6 Å². The van der Waals surface area contributed by atoms with Crippen LogP contribution in [0.15, 0.2) is 29.2 Å². The Morgan fingerprint density at radius 3 is 2.33 bits per heavy atom. The second-order valence-corrected chi connectivity index (χ2v) is 5.05. The standard InChI is InChI=1S/C9H10ClNS/c10-7-1-3-8(4-2-7)12-9(11)5-6-9/h1-4H,5-6,11H2. The normalized spacial score (nSPS) is 19.2. The first-order valence-corrected chi connectivity index (χ1v) is 5.11. The van der Waals surface area contributed by atoms with E-state index < -0.39 is 0 Å². The average Bonchev–Trinajstić information content (AvgIpc) is 2.74. The molecule has 2 rings (SSSR count). The van der Waals surface area contributed by atoms with Gasteiger partial charge in [0, 0.05) is 9.92 Å². The Hall–Kier alpha value is -0.180. The van der Waals surface area contributed by atoms with Gasteiger partial charge in [-0.05, 0) is 37.1 Å². The van der Waals surface area contributed by atoms with Crippen LogP contribution >= 0.6 is 23.4 Å². The number of hydrogen-bond acceptors (Lipinski definition) is 2. The van der Waals surface area contributed by atoms with Crippen LogP contribution in [0.4, 0.5) is 0 Å². The molecule has 64 valence electrons. The molecule has 0 aromatic heterocycles. The van der Waals surface area contributed by atoms with Crippen LogP contribution < -0.4 is 5.73 Å². The minimum absolute atomic E-state index is 0.0217. The highest BCUT2D eigenvalue weighted by molar-refractivity contribution is 8.01. The molecule has 3 heteroatoms. The van der Waals surface area contributed by atoms with Gasteiger partial charge in [0.25, 0.3) is 0 Å². The maximum atomic E-state index is 5.95. The van der Waals surface area contributed by atoms with Gasteiger partial charge in [0.2, 0.25) is 0 Å². The third-order valence-electron chi connectivity index (χ3n) is 1.88. The smallest absolute Gasteiger partial charge is 0.0668 e. The Morgan fingerprint density at radius 1 is 1.25 bits per heavy atom. The molecule has 1 aliphatic carbocycles. The number of benzene rings is 1. The molecule has 1 nitrogen and oxygen atoms in total. The minimum atomic E-state index is 0.0217. The van der Waals surface area contributed by atoms with Crippen molar-refractivity contribution in [2.24, 2.45) is 5.73 Å². The lowest BCUT2D eigenvalue weighted by molar-refractivity contribution is 0.981. The number of rotatable bonds is 2. The highest BCUT2D eigenvalue weighted by Gasteiger charge is 2.39. The monoisotopic (exact) mass is 199 g/mol. The van der Waals surface area contributed by atoms with Crippen LogP contribution in [0.3, 0.4) is 0 Å². The number of nitrogens with two attached hydrogens (primary N) is 1. The molecule has 2 N–H and O–H groups in total. The van der Waals surface area contributed by atoms with Gasteiger partial charge in [-0.2, -0.15) is 0 Å². The number of halogens is 1. The summed E-state index contributed by atoms with van der Waals surface area (Å²) in [6.45, 7) is 0. The summed E-state index contributed by atoms with van der Waals surface area (Å²) < 4.78 is 0. The van der Waals surface area contributed by atoms with E-state index in [1.54, 1.807) is 11.8 Å². The van der Waals surface area contributed by atoms with Crippen LogP contribution in [0.2, 0.25) is 5.02 Å². The quantitative estimate of drug-likeness (QED) is 0.742. The van der Waals surface area contributed by atoms with Crippen molar-refractivity contribution in [2.45, 2.75) is 22.6 Å². The van der Waals surface area contributed by atoms with E-state index in [0.717, 1.165) is 17.9 Å². The Bertz CT molecular complexity index is 279. The van der Waals surface area contributed by atoms with E-state index in [4.69, 9.17) is 17.3 Å². The predicted octanol–water partition coefficient (Wildman–Crippen LogP) is 2.88. The highest BCUT2D eigenvalue weighted by Crippen LogP contribution is 2.46. The highest BCUT2D eigenvalue weighted by atomic mass is 35.5. The Balaban J connectivity index is 2.08. The zero-order valence-electron chi connectivity index (χ0n) is 6.59. The van der Waals surface area contributed by atoms with E-state index in [2.05, 4.69) is 0 Å². The summed E-state index contributed by atoms with van der Waals surface area (Å²) in [7, 11) is 0. The third-order valence-corrected chi connectivity index (χ3v) is 3.45. The first-order valence-electron chi connectivity index (χ1n) is 3.91. The summed E-state index contributed by atoms with van der Waals surface area (Å²) in [5.74, 6) is 0. The van der Waals surface area contributed by atoms with Gasteiger partial charge in [-0.25, -0.2) is 0 Å². The van der Waals surface area contributed by atoms with Gasteiger partial charge in [-0.15, -0.1) is 11.8 Å². The van der Waals surface area contributed by atoms with Crippen LogP contribution in [0, 0.1) is 0 Å². The molecule has 1 aromatic carbocycles. The van der Waals surface area contributed by atoms with Crippen LogP contribution in [0.5, 0.6) is 0 Å². The molecular weight excluding hydrogens is 190 g/mol. The molecule has 0 heterocycles. The summed E-state index contributed by atoms with van der Waals surface area (Å²) in [6, 6.07) is 7.82. The first kappa shape index (κ1) is 8.42. The summed E-state index contributed by atoms with van der Waals surface area (Å²) >= 11 is 7.50. The molecule has 0 spiro atoms.